The van der Waals surface area contributed by atoms with Crippen LogP contribution in [-0.4, -0.2) is 33.5 Å². The summed E-state index contributed by atoms with van der Waals surface area (Å²) in [5, 5.41) is 0. The minimum absolute atomic E-state index is 0.00503. The number of benzene rings is 1. The van der Waals surface area contributed by atoms with E-state index in [9.17, 15) is 14.0 Å². The lowest BCUT2D eigenvalue weighted by Gasteiger charge is -2.26. The average molecular weight is 345 g/mol. The summed E-state index contributed by atoms with van der Waals surface area (Å²) in [6.07, 6.45) is 2.70. The third kappa shape index (κ3) is 4.04. The Labute approximate surface area is 144 Å². The summed E-state index contributed by atoms with van der Waals surface area (Å²) in [6.45, 7) is 3.39. The van der Waals surface area contributed by atoms with Gasteiger partial charge in [0.15, 0.2) is 0 Å². The predicted octanol–water partition coefficient (Wildman–Crippen LogP) is 1.76. The Morgan fingerprint density at radius 1 is 1.32 bits per heavy atom. The molecule has 6 nitrogen and oxygen atoms in total. The number of ether oxygens (including phenoxy) is 1. The van der Waals surface area contributed by atoms with Crippen LogP contribution in [0.5, 0.6) is 5.75 Å². The Bertz CT molecular complexity index is 817. The Morgan fingerprint density at radius 3 is 2.80 bits per heavy atom. The van der Waals surface area contributed by atoms with Gasteiger partial charge in [0.05, 0.1) is 25.2 Å². The zero-order chi connectivity index (χ0) is 17.8. The van der Waals surface area contributed by atoms with Crippen LogP contribution in [-0.2, 0) is 24.3 Å². The van der Waals surface area contributed by atoms with Crippen molar-refractivity contribution in [2.45, 2.75) is 32.9 Å². The first-order valence-electron chi connectivity index (χ1n) is 8.25. The van der Waals surface area contributed by atoms with Gasteiger partial charge >= 0.3 is 0 Å². The molecule has 0 atom stereocenters. The van der Waals surface area contributed by atoms with E-state index in [4.69, 9.17) is 4.74 Å². The van der Waals surface area contributed by atoms with Gasteiger partial charge in [-0.3, -0.25) is 14.2 Å². The molecule has 0 bridgehead atoms. The molecule has 0 radical (unpaired) electrons. The number of aryl methyl sites for hydroxylation is 1. The van der Waals surface area contributed by atoms with Crippen LogP contribution in [0.1, 0.15) is 24.6 Å². The largest absolute Gasteiger partial charge is 0.494 e. The molecule has 0 spiro atoms. The van der Waals surface area contributed by atoms with Crippen LogP contribution in [0.4, 0.5) is 4.39 Å². The Kier molecular flexibility index (Phi) is 5.11. The topological polar surface area (TPSA) is 64.4 Å². The molecule has 2 aromatic rings. The van der Waals surface area contributed by atoms with Crippen molar-refractivity contribution in [3.63, 3.8) is 0 Å². The van der Waals surface area contributed by atoms with Gasteiger partial charge in [-0.25, -0.2) is 9.37 Å². The molecule has 2 heterocycles. The van der Waals surface area contributed by atoms with E-state index in [-0.39, 0.29) is 17.3 Å². The highest BCUT2D eigenvalue weighted by Crippen LogP contribution is 2.14. The number of amides is 1. The van der Waals surface area contributed by atoms with Gasteiger partial charge in [0, 0.05) is 25.6 Å². The fraction of sp³-hybridized carbons (Fsp3) is 0.389. The van der Waals surface area contributed by atoms with Crippen LogP contribution in [0.2, 0.25) is 0 Å². The number of rotatable bonds is 5. The predicted molar refractivity (Wildman–Crippen MR) is 89.8 cm³/mol. The van der Waals surface area contributed by atoms with Gasteiger partial charge in [-0.1, -0.05) is 0 Å². The summed E-state index contributed by atoms with van der Waals surface area (Å²) in [5.41, 5.74) is 1.33. The molecule has 25 heavy (non-hydrogen) atoms. The number of nitrogens with zero attached hydrogens (tertiary/aromatic N) is 3. The van der Waals surface area contributed by atoms with Crippen molar-refractivity contribution in [2.24, 2.45) is 0 Å². The second-order valence-corrected chi connectivity index (χ2v) is 6.01. The van der Waals surface area contributed by atoms with Crippen molar-refractivity contribution in [1.82, 2.24) is 14.5 Å². The fourth-order valence-electron chi connectivity index (χ4n) is 2.84. The maximum absolute atomic E-state index is 12.8. The number of aromatic nitrogens is 2. The van der Waals surface area contributed by atoms with Crippen LogP contribution in [0.15, 0.2) is 35.4 Å². The van der Waals surface area contributed by atoms with Crippen LogP contribution in [0.3, 0.4) is 0 Å². The number of hydrogen-bond acceptors (Lipinski definition) is 4. The fourth-order valence-corrected chi connectivity index (χ4v) is 2.84. The van der Waals surface area contributed by atoms with E-state index in [1.807, 2.05) is 0 Å². The van der Waals surface area contributed by atoms with E-state index < -0.39 is 0 Å². The molecule has 0 unspecified atom stereocenters. The third-order valence-corrected chi connectivity index (χ3v) is 4.26. The smallest absolute Gasteiger partial charge is 0.256 e. The van der Waals surface area contributed by atoms with Gasteiger partial charge < -0.3 is 9.64 Å². The highest BCUT2D eigenvalue weighted by Gasteiger charge is 2.22. The van der Waals surface area contributed by atoms with Gasteiger partial charge in [0.1, 0.15) is 11.6 Å². The molecule has 1 aliphatic heterocycles. The lowest BCUT2D eigenvalue weighted by atomic mass is 10.1. The summed E-state index contributed by atoms with van der Waals surface area (Å²) < 4.78 is 19.9. The van der Waals surface area contributed by atoms with Crippen LogP contribution in [0.25, 0.3) is 0 Å². The van der Waals surface area contributed by atoms with Crippen molar-refractivity contribution in [2.75, 3.05) is 13.2 Å². The molecule has 1 aromatic carbocycles. The molecule has 132 valence electrons. The highest BCUT2D eigenvalue weighted by molar-refractivity contribution is 5.73. The van der Waals surface area contributed by atoms with Crippen molar-refractivity contribution in [1.29, 1.82) is 0 Å². The normalized spacial score (nSPS) is 13.4. The van der Waals surface area contributed by atoms with E-state index in [2.05, 4.69) is 4.98 Å². The van der Waals surface area contributed by atoms with E-state index >= 15 is 0 Å². The molecule has 0 fully saturated rings. The number of carbonyl (C=O) groups is 1. The zero-order valence-electron chi connectivity index (χ0n) is 14.1. The summed E-state index contributed by atoms with van der Waals surface area (Å²) in [7, 11) is 0. The molecular formula is C18H20FN3O3. The quantitative estimate of drug-likeness (QED) is 0.775. The number of carbonyl (C=O) groups excluding carboxylic acids is 1. The number of fused-ring (bicyclic) bond motifs is 1. The lowest BCUT2D eigenvalue weighted by molar-refractivity contribution is -0.129. The number of hydrogen-bond donors (Lipinski definition) is 0. The molecule has 7 heteroatoms. The molecule has 0 aliphatic carbocycles. The summed E-state index contributed by atoms with van der Waals surface area (Å²) >= 11 is 0. The molecule has 1 aromatic heterocycles. The molecular weight excluding hydrogens is 325 g/mol. The van der Waals surface area contributed by atoms with Gasteiger partial charge in [-0.2, -0.15) is 0 Å². The Balaban J connectivity index is 1.58. The Hall–Kier alpha value is -2.70. The summed E-state index contributed by atoms with van der Waals surface area (Å²) in [6, 6.07) is 5.83. The van der Waals surface area contributed by atoms with Gasteiger partial charge in [0.25, 0.3) is 5.56 Å². The minimum Gasteiger partial charge on any atom is -0.494 e. The third-order valence-electron chi connectivity index (χ3n) is 4.26. The second-order valence-electron chi connectivity index (χ2n) is 6.01. The van der Waals surface area contributed by atoms with E-state index in [1.165, 1.54) is 25.4 Å². The van der Waals surface area contributed by atoms with Crippen molar-refractivity contribution < 1.29 is 13.9 Å². The molecule has 3 rings (SSSR count). The Morgan fingerprint density at radius 2 is 2.08 bits per heavy atom. The van der Waals surface area contributed by atoms with Crippen molar-refractivity contribution >= 4 is 5.91 Å². The molecule has 0 saturated carbocycles. The molecule has 0 N–H and O–H groups in total. The van der Waals surface area contributed by atoms with Crippen molar-refractivity contribution in [3.8, 4) is 5.75 Å². The second kappa shape index (κ2) is 7.46. The SMILES string of the molecule is CC(=O)N1CCc2c(ncn(CCCOc3ccc(F)cc3)c2=O)C1. The standard InChI is InChI=1S/C18H20FN3O3/c1-13(23)21-9-7-16-17(11-21)20-12-22(18(16)24)8-2-10-25-15-5-3-14(19)4-6-15/h3-6,12H,2,7-11H2,1H3. The monoisotopic (exact) mass is 345 g/mol. The maximum Gasteiger partial charge on any atom is 0.256 e. The maximum atomic E-state index is 12.8. The van der Waals surface area contributed by atoms with Crippen LogP contribution >= 0.6 is 0 Å². The van der Waals surface area contributed by atoms with E-state index in [0.717, 1.165) is 0 Å². The molecule has 1 aliphatic rings. The number of halogens is 1. The van der Waals surface area contributed by atoms with E-state index in [0.29, 0.717) is 56.1 Å². The average Bonchev–Trinajstić information content (AvgIpc) is 2.61. The van der Waals surface area contributed by atoms with Gasteiger partial charge in [0.2, 0.25) is 5.91 Å². The van der Waals surface area contributed by atoms with Gasteiger partial charge in [-0.15, -0.1) is 0 Å². The van der Waals surface area contributed by atoms with Crippen LogP contribution in [0, 0.1) is 5.82 Å². The molecule has 0 saturated heterocycles. The highest BCUT2D eigenvalue weighted by atomic mass is 19.1. The minimum atomic E-state index is -0.303. The van der Waals surface area contributed by atoms with Crippen molar-refractivity contribution in [3.05, 3.63) is 58.0 Å². The first-order chi connectivity index (χ1) is 12.0. The lowest BCUT2D eigenvalue weighted by Crippen LogP contribution is -2.39. The van der Waals surface area contributed by atoms with E-state index in [1.54, 1.807) is 21.6 Å². The summed E-state index contributed by atoms with van der Waals surface area (Å²) in [5.74, 6) is 0.290. The van der Waals surface area contributed by atoms with Gasteiger partial charge in [-0.05, 0) is 37.1 Å². The van der Waals surface area contributed by atoms with Crippen LogP contribution < -0.4 is 10.3 Å². The molecule has 1 amide bonds. The zero-order valence-corrected chi connectivity index (χ0v) is 14.1. The first-order valence-corrected chi connectivity index (χ1v) is 8.25. The first kappa shape index (κ1) is 17.1. The summed E-state index contributed by atoms with van der Waals surface area (Å²) in [4.78, 5) is 30.0.